The second kappa shape index (κ2) is 4.43. The maximum Gasteiger partial charge on any atom is 0.0740 e. The van der Waals surface area contributed by atoms with Crippen LogP contribution in [-0.2, 0) is 4.74 Å². The molecule has 0 aromatic heterocycles. The Hall–Kier alpha value is 0.180. The van der Waals surface area contributed by atoms with E-state index in [9.17, 15) is 0 Å². The molecule has 1 saturated heterocycles. The van der Waals surface area contributed by atoms with Crippen LogP contribution in [0.4, 0.5) is 0 Å². The summed E-state index contributed by atoms with van der Waals surface area (Å²) in [6.45, 7) is 8.24. The first-order valence-electron chi connectivity index (χ1n) is 4.52. The van der Waals surface area contributed by atoms with Crippen LogP contribution in [0.25, 0.3) is 0 Å². The number of hydrogen-bond acceptors (Lipinski definition) is 1. The van der Waals surface area contributed by atoms with E-state index in [4.69, 9.17) is 4.74 Å². The fourth-order valence-corrected chi connectivity index (χ4v) is 2.37. The van der Waals surface area contributed by atoms with Gasteiger partial charge in [-0.15, -0.1) is 0 Å². The molecule has 0 N–H and O–H groups in total. The average molecular weight is 233 g/mol. The fraction of sp³-hybridized carbons (Fsp3) is 0.800. The molecule has 1 aliphatic rings. The Morgan fingerprint density at radius 1 is 1.58 bits per heavy atom. The lowest BCUT2D eigenvalue weighted by Gasteiger charge is -2.34. The maximum atomic E-state index is 5.80. The molecule has 3 unspecified atom stereocenters. The lowest BCUT2D eigenvalue weighted by Crippen LogP contribution is -2.35. The van der Waals surface area contributed by atoms with Gasteiger partial charge in [0.15, 0.2) is 0 Å². The van der Waals surface area contributed by atoms with Crippen molar-refractivity contribution in [1.29, 1.82) is 0 Å². The molecule has 1 aliphatic heterocycles. The van der Waals surface area contributed by atoms with Crippen molar-refractivity contribution in [2.75, 3.05) is 5.33 Å². The Bertz CT molecular complexity index is 167. The first-order chi connectivity index (χ1) is 5.65. The van der Waals surface area contributed by atoms with Crippen molar-refractivity contribution in [3.8, 4) is 0 Å². The number of hydrogen-bond donors (Lipinski definition) is 0. The molecule has 2 heteroatoms. The molecule has 3 atom stereocenters. The van der Waals surface area contributed by atoms with Crippen LogP contribution >= 0.6 is 15.9 Å². The highest BCUT2D eigenvalue weighted by Gasteiger charge is 2.28. The monoisotopic (exact) mass is 232 g/mol. The normalized spacial score (nSPS) is 36.4. The first-order valence-corrected chi connectivity index (χ1v) is 5.64. The molecule has 12 heavy (non-hydrogen) atoms. The number of alkyl halides is 1. The Kier molecular flexibility index (Phi) is 3.78. The van der Waals surface area contributed by atoms with Gasteiger partial charge in [-0.05, 0) is 26.7 Å². The summed E-state index contributed by atoms with van der Waals surface area (Å²) in [5, 5.41) is 0.925. The van der Waals surface area contributed by atoms with Gasteiger partial charge in [-0.2, -0.15) is 0 Å². The third-order valence-electron chi connectivity index (χ3n) is 2.53. The summed E-state index contributed by atoms with van der Waals surface area (Å²) in [6, 6.07) is 0. The molecule has 0 aliphatic carbocycles. The van der Waals surface area contributed by atoms with Crippen molar-refractivity contribution < 1.29 is 4.74 Å². The van der Waals surface area contributed by atoms with Gasteiger partial charge in [-0.3, -0.25) is 0 Å². The Morgan fingerprint density at radius 3 is 2.75 bits per heavy atom. The van der Waals surface area contributed by atoms with Crippen molar-refractivity contribution in [3.05, 3.63) is 12.2 Å². The summed E-state index contributed by atoms with van der Waals surface area (Å²) < 4.78 is 5.80. The zero-order valence-corrected chi connectivity index (χ0v) is 9.43. The smallest absolute Gasteiger partial charge is 0.0740 e. The van der Waals surface area contributed by atoms with E-state index in [0.717, 1.165) is 5.33 Å². The first kappa shape index (κ1) is 10.3. The predicted molar refractivity (Wildman–Crippen MR) is 55.7 cm³/mol. The van der Waals surface area contributed by atoms with E-state index in [1.165, 1.54) is 18.4 Å². The molecule has 1 fully saturated rings. The number of rotatable bonds is 2. The molecule has 0 saturated carbocycles. The van der Waals surface area contributed by atoms with Crippen molar-refractivity contribution in [3.63, 3.8) is 0 Å². The summed E-state index contributed by atoms with van der Waals surface area (Å²) in [5.74, 6) is 0.556. The van der Waals surface area contributed by atoms with Crippen molar-refractivity contribution >= 4 is 15.9 Å². The van der Waals surface area contributed by atoms with Crippen LogP contribution in [0, 0.1) is 5.92 Å². The molecule has 0 radical (unpaired) electrons. The van der Waals surface area contributed by atoms with Crippen LogP contribution in [0.1, 0.15) is 26.7 Å². The van der Waals surface area contributed by atoms with Crippen LogP contribution in [-0.4, -0.2) is 17.5 Å². The van der Waals surface area contributed by atoms with E-state index in [0.29, 0.717) is 18.1 Å². The molecule has 0 bridgehead atoms. The van der Waals surface area contributed by atoms with Crippen LogP contribution in [0.15, 0.2) is 12.2 Å². The summed E-state index contributed by atoms with van der Waals surface area (Å²) >= 11 is 3.48. The molecule has 0 spiro atoms. The SMILES string of the molecule is C=C(C)C1CCC(C)OC1CBr. The molecular formula is C10H17BrO. The van der Waals surface area contributed by atoms with Crippen LogP contribution < -0.4 is 0 Å². The van der Waals surface area contributed by atoms with Gasteiger partial charge >= 0.3 is 0 Å². The minimum atomic E-state index is 0.339. The molecule has 0 aromatic rings. The standard InChI is InChI=1S/C10H17BrO/c1-7(2)9-5-4-8(3)12-10(9)6-11/h8-10H,1,4-6H2,2-3H3. The van der Waals surface area contributed by atoms with Gasteiger partial charge in [0.2, 0.25) is 0 Å². The summed E-state index contributed by atoms with van der Waals surface area (Å²) in [4.78, 5) is 0. The zero-order chi connectivity index (χ0) is 9.14. The van der Waals surface area contributed by atoms with E-state index in [-0.39, 0.29) is 0 Å². The van der Waals surface area contributed by atoms with Crippen LogP contribution in [0.3, 0.4) is 0 Å². The zero-order valence-electron chi connectivity index (χ0n) is 7.85. The second-order valence-electron chi connectivity index (χ2n) is 3.67. The highest BCUT2D eigenvalue weighted by Crippen LogP contribution is 2.30. The largest absolute Gasteiger partial charge is 0.374 e. The third-order valence-corrected chi connectivity index (χ3v) is 3.16. The van der Waals surface area contributed by atoms with Gasteiger partial charge in [-0.25, -0.2) is 0 Å². The van der Waals surface area contributed by atoms with E-state index in [1.807, 2.05) is 0 Å². The van der Waals surface area contributed by atoms with Crippen LogP contribution in [0.2, 0.25) is 0 Å². The van der Waals surface area contributed by atoms with Crippen molar-refractivity contribution in [1.82, 2.24) is 0 Å². The third kappa shape index (κ3) is 2.33. The second-order valence-corrected chi connectivity index (χ2v) is 4.32. The topological polar surface area (TPSA) is 9.23 Å². The fourth-order valence-electron chi connectivity index (χ4n) is 1.77. The lowest BCUT2D eigenvalue weighted by molar-refractivity contribution is -0.0512. The Morgan fingerprint density at radius 2 is 2.25 bits per heavy atom. The minimum Gasteiger partial charge on any atom is -0.374 e. The predicted octanol–water partition coefficient (Wildman–Crippen LogP) is 3.14. The van der Waals surface area contributed by atoms with Gasteiger partial charge < -0.3 is 4.74 Å². The average Bonchev–Trinajstić information content (AvgIpc) is 2.03. The number of ether oxygens (including phenoxy) is 1. The lowest BCUT2D eigenvalue weighted by atomic mass is 9.88. The van der Waals surface area contributed by atoms with Gasteiger partial charge in [0, 0.05) is 11.2 Å². The molecular weight excluding hydrogens is 216 g/mol. The minimum absolute atomic E-state index is 0.339. The summed E-state index contributed by atoms with van der Waals surface area (Å²) in [7, 11) is 0. The van der Waals surface area contributed by atoms with Gasteiger partial charge in [0.05, 0.1) is 12.2 Å². The Balaban J connectivity index is 2.56. The van der Waals surface area contributed by atoms with Gasteiger partial charge in [0.25, 0.3) is 0 Å². The molecule has 0 amide bonds. The van der Waals surface area contributed by atoms with E-state index in [1.54, 1.807) is 0 Å². The van der Waals surface area contributed by atoms with Crippen molar-refractivity contribution in [2.24, 2.45) is 5.92 Å². The van der Waals surface area contributed by atoms with E-state index in [2.05, 4.69) is 36.4 Å². The molecule has 1 nitrogen and oxygen atoms in total. The highest BCUT2D eigenvalue weighted by atomic mass is 79.9. The molecule has 70 valence electrons. The van der Waals surface area contributed by atoms with E-state index < -0.39 is 0 Å². The quantitative estimate of drug-likeness (QED) is 0.526. The molecule has 0 aromatic carbocycles. The molecule has 1 heterocycles. The van der Waals surface area contributed by atoms with Gasteiger partial charge in [-0.1, -0.05) is 28.1 Å². The van der Waals surface area contributed by atoms with Crippen LogP contribution in [0.5, 0.6) is 0 Å². The van der Waals surface area contributed by atoms with Crippen molar-refractivity contribution in [2.45, 2.75) is 38.9 Å². The van der Waals surface area contributed by atoms with E-state index >= 15 is 0 Å². The molecule has 1 rings (SSSR count). The Labute approximate surface area is 83.3 Å². The number of halogens is 1. The summed E-state index contributed by atoms with van der Waals surface area (Å²) in [5.41, 5.74) is 1.26. The maximum absolute atomic E-state index is 5.80. The highest BCUT2D eigenvalue weighted by molar-refractivity contribution is 9.09. The van der Waals surface area contributed by atoms with Gasteiger partial charge in [0.1, 0.15) is 0 Å². The summed E-state index contributed by atoms with van der Waals surface area (Å²) in [6.07, 6.45) is 3.16.